The predicted octanol–water partition coefficient (Wildman–Crippen LogP) is 0.486. The highest BCUT2D eigenvalue weighted by Gasteiger charge is 2.64. The number of nitrogens with zero attached hydrogens (tertiary/aromatic N) is 1. The van der Waals surface area contributed by atoms with E-state index in [0.717, 1.165) is 19.5 Å². The molecular weight excluding hydrogens is 178 g/mol. The molecular formula is C11H15NO2. The molecule has 76 valence electrons. The molecule has 4 bridgehead atoms. The predicted molar refractivity (Wildman–Crippen MR) is 50.8 cm³/mol. The molecule has 4 aliphatic rings. The number of piperidine rings is 3. The van der Waals surface area contributed by atoms with Crippen molar-refractivity contribution in [2.75, 3.05) is 19.6 Å². The molecule has 0 aromatic heterocycles. The molecule has 4 fully saturated rings. The highest BCUT2D eigenvalue weighted by Crippen LogP contribution is 2.51. The Balaban J connectivity index is 2.15. The van der Waals surface area contributed by atoms with Gasteiger partial charge in [0.05, 0.1) is 5.41 Å². The van der Waals surface area contributed by atoms with Gasteiger partial charge in [0, 0.05) is 31.0 Å². The first-order chi connectivity index (χ1) is 6.46. The van der Waals surface area contributed by atoms with Crippen molar-refractivity contribution in [1.29, 1.82) is 0 Å². The molecule has 1 aliphatic carbocycles. The van der Waals surface area contributed by atoms with Crippen LogP contribution in [0.5, 0.6) is 0 Å². The molecule has 4 rings (SSSR count). The van der Waals surface area contributed by atoms with Gasteiger partial charge in [-0.25, -0.2) is 0 Å². The van der Waals surface area contributed by atoms with E-state index in [9.17, 15) is 9.59 Å². The third-order valence-electron chi connectivity index (χ3n) is 4.25. The Morgan fingerprint density at radius 3 is 2.71 bits per heavy atom. The van der Waals surface area contributed by atoms with Crippen LogP contribution in [0.15, 0.2) is 0 Å². The lowest BCUT2D eigenvalue weighted by atomic mass is 9.53. The minimum absolute atomic E-state index is 0.130. The second-order valence-electron chi connectivity index (χ2n) is 5.66. The topological polar surface area (TPSA) is 37.4 Å². The van der Waals surface area contributed by atoms with Crippen LogP contribution in [0.2, 0.25) is 0 Å². The van der Waals surface area contributed by atoms with Crippen LogP contribution < -0.4 is 0 Å². The van der Waals surface area contributed by atoms with Gasteiger partial charge in [0.25, 0.3) is 0 Å². The summed E-state index contributed by atoms with van der Waals surface area (Å²) in [4.78, 5) is 26.5. The van der Waals surface area contributed by atoms with Crippen LogP contribution in [0.25, 0.3) is 0 Å². The summed E-state index contributed by atoms with van der Waals surface area (Å²) in [5, 5.41) is 0. The fourth-order valence-electron chi connectivity index (χ4n) is 3.83. The molecule has 14 heavy (non-hydrogen) atoms. The molecule has 1 unspecified atom stereocenters. The van der Waals surface area contributed by atoms with E-state index in [2.05, 4.69) is 4.90 Å². The highest BCUT2D eigenvalue weighted by molar-refractivity contribution is 6.13. The Labute approximate surface area is 83.5 Å². The summed E-state index contributed by atoms with van der Waals surface area (Å²) in [5.41, 5.74) is -0.905. The molecule has 0 aromatic rings. The molecule has 0 N–H and O–H groups in total. The van der Waals surface area contributed by atoms with Gasteiger partial charge in [0.2, 0.25) is 0 Å². The van der Waals surface area contributed by atoms with Crippen molar-refractivity contribution in [1.82, 2.24) is 4.90 Å². The summed E-state index contributed by atoms with van der Waals surface area (Å²) < 4.78 is 0. The average Bonchev–Trinajstić information content (AvgIpc) is 2.10. The van der Waals surface area contributed by atoms with Crippen molar-refractivity contribution in [3.8, 4) is 0 Å². The van der Waals surface area contributed by atoms with Crippen LogP contribution in [-0.4, -0.2) is 36.1 Å². The first-order valence-electron chi connectivity index (χ1n) is 5.27. The maximum atomic E-state index is 12.2. The van der Waals surface area contributed by atoms with Crippen LogP contribution in [0, 0.1) is 16.7 Å². The number of ketones is 2. The molecule has 3 nitrogen and oxygen atoms in total. The summed E-state index contributed by atoms with van der Waals surface area (Å²) in [5.74, 6) is 0.531. The zero-order valence-electron chi connectivity index (χ0n) is 8.67. The van der Waals surface area contributed by atoms with E-state index >= 15 is 0 Å². The van der Waals surface area contributed by atoms with E-state index in [4.69, 9.17) is 0 Å². The van der Waals surface area contributed by atoms with Gasteiger partial charge in [-0.3, -0.25) is 9.59 Å². The second kappa shape index (κ2) is 2.11. The first kappa shape index (κ1) is 8.60. The normalized spacial score (nSPS) is 55.6. The Morgan fingerprint density at radius 2 is 2.00 bits per heavy atom. The summed E-state index contributed by atoms with van der Waals surface area (Å²) >= 11 is 0. The molecule has 4 atom stereocenters. The minimum Gasteiger partial charge on any atom is -0.300 e. The van der Waals surface area contributed by atoms with Crippen LogP contribution >= 0.6 is 0 Å². The van der Waals surface area contributed by atoms with Gasteiger partial charge in [0.15, 0.2) is 11.6 Å². The minimum atomic E-state index is -0.672. The van der Waals surface area contributed by atoms with E-state index in [1.165, 1.54) is 0 Å². The van der Waals surface area contributed by atoms with Gasteiger partial charge in [-0.1, -0.05) is 6.92 Å². The maximum absolute atomic E-state index is 12.2. The van der Waals surface area contributed by atoms with Crippen molar-refractivity contribution < 1.29 is 9.59 Å². The summed E-state index contributed by atoms with van der Waals surface area (Å²) in [6.07, 6.45) is 0.788. The van der Waals surface area contributed by atoms with E-state index in [0.29, 0.717) is 6.54 Å². The Morgan fingerprint density at radius 1 is 1.29 bits per heavy atom. The molecule has 0 spiro atoms. The largest absolute Gasteiger partial charge is 0.300 e. The Kier molecular flexibility index (Phi) is 1.29. The number of hydrogen-bond donors (Lipinski definition) is 0. The van der Waals surface area contributed by atoms with Gasteiger partial charge in [-0.05, 0) is 13.3 Å². The number of carbonyl (C=O) groups excluding carboxylic acids is 2. The first-order valence-corrected chi connectivity index (χ1v) is 5.27. The molecule has 3 saturated heterocycles. The third-order valence-corrected chi connectivity index (χ3v) is 4.25. The van der Waals surface area contributed by atoms with Crippen molar-refractivity contribution in [2.24, 2.45) is 16.7 Å². The molecule has 1 saturated carbocycles. The van der Waals surface area contributed by atoms with E-state index in [1.54, 1.807) is 0 Å². The summed E-state index contributed by atoms with van der Waals surface area (Å²) in [6, 6.07) is 0. The Hall–Kier alpha value is -0.700. The van der Waals surface area contributed by atoms with Crippen molar-refractivity contribution in [3.63, 3.8) is 0 Å². The van der Waals surface area contributed by atoms with Gasteiger partial charge in [-0.15, -0.1) is 0 Å². The zero-order valence-corrected chi connectivity index (χ0v) is 8.67. The molecule has 3 heteroatoms. The smallest absolute Gasteiger partial charge is 0.154 e. The van der Waals surface area contributed by atoms with Gasteiger partial charge >= 0.3 is 0 Å². The van der Waals surface area contributed by atoms with Crippen molar-refractivity contribution in [2.45, 2.75) is 20.3 Å². The molecule has 3 heterocycles. The van der Waals surface area contributed by atoms with Crippen molar-refractivity contribution >= 4 is 11.6 Å². The Bertz CT molecular complexity index is 351. The number of rotatable bonds is 0. The number of Topliss-reactive ketones (excluding diaryl/α,β-unsaturated/α-hetero) is 2. The van der Waals surface area contributed by atoms with Crippen LogP contribution in [-0.2, 0) is 9.59 Å². The lowest BCUT2D eigenvalue weighted by Gasteiger charge is -2.58. The van der Waals surface area contributed by atoms with Gasteiger partial charge in [-0.2, -0.15) is 0 Å². The second-order valence-corrected chi connectivity index (χ2v) is 5.66. The fourth-order valence-corrected chi connectivity index (χ4v) is 3.83. The SMILES string of the molecule is C[C@]12C[C@@H]3CN(C1)C[C@@](C)(C3=O)C2=O. The van der Waals surface area contributed by atoms with E-state index in [1.807, 2.05) is 13.8 Å². The monoisotopic (exact) mass is 193 g/mol. The van der Waals surface area contributed by atoms with Crippen LogP contribution in [0.1, 0.15) is 20.3 Å². The molecule has 0 radical (unpaired) electrons. The highest BCUT2D eigenvalue weighted by atomic mass is 16.2. The molecule has 0 amide bonds. The van der Waals surface area contributed by atoms with Crippen molar-refractivity contribution in [3.05, 3.63) is 0 Å². The standard InChI is InChI=1S/C11H15NO2/c1-10-3-7-4-12(5-10)6-11(2,8(7)13)9(10)14/h7H,3-6H2,1-2H3/t7-,10+,11+/m1/s1. The van der Waals surface area contributed by atoms with Crippen LogP contribution in [0.4, 0.5) is 0 Å². The number of carbonyl (C=O) groups is 2. The van der Waals surface area contributed by atoms with E-state index < -0.39 is 5.41 Å². The molecule has 0 aromatic carbocycles. The summed E-state index contributed by atoms with van der Waals surface area (Å²) in [7, 11) is 0. The summed E-state index contributed by atoms with van der Waals surface area (Å²) in [6.45, 7) is 6.28. The average molecular weight is 193 g/mol. The van der Waals surface area contributed by atoms with E-state index in [-0.39, 0.29) is 22.9 Å². The lowest BCUT2D eigenvalue weighted by molar-refractivity contribution is -0.175. The fraction of sp³-hybridized carbons (Fsp3) is 0.818. The third kappa shape index (κ3) is 0.738. The number of hydrogen-bond acceptors (Lipinski definition) is 3. The zero-order chi connectivity index (χ0) is 10.1. The van der Waals surface area contributed by atoms with Gasteiger partial charge < -0.3 is 4.90 Å². The molecule has 3 aliphatic heterocycles. The van der Waals surface area contributed by atoms with Gasteiger partial charge in [0.1, 0.15) is 0 Å². The quantitative estimate of drug-likeness (QED) is 0.525. The lowest BCUT2D eigenvalue weighted by Crippen LogP contribution is -2.71. The van der Waals surface area contributed by atoms with Crippen LogP contribution in [0.3, 0.4) is 0 Å². The maximum Gasteiger partial charge on any atom is 0.154 e.